The molecule has 6 atom stereocenters. The molecule has 2 bridgehead atoms. The van der Waals surface area contributed by atoms with E-state index in [1.54, 1.807) is 0 Å². The van der Waals surface area contributed by atoms with Crippen LogP contribution in [-0.4, -0.2) is 88.9 Å². The molecule has 4 saturated carbocycles. The van der Waals surface area contributed by atoms with Crippen molar-refractivity contribution >= 4 is 35.0 Å². The van der Waals surface area contributed by atoms with E-state index in [9.17, 15) is 27.9 Å². The molecule has 13 heteroatoms. The van der Waals surface area contributed by atoms with Crippen molar-refractivity contribution in [2.24, 2.45) is 0 Å². The zero-order valence-corrected chi connectivity index (χ0v) is 20.8. The van der Waals surface area contributed by atoms with Gasteiger partial charge in [-0.15, -0.1) is 23.2 Å². The predicted octanol–water partition coefficient (Wildman–Crippen LogP) is 1.31. The van der Waals surface area contributed by atoms with Crippen LogP contribution in [0.15, 0.2) is 0 Å². The van der Waals surface area contributed by atoms with E-state index in [1.165, 1.54) is 0 Å². The largest absolute Gasteiger partial charge is 0.405 e. The summed E-state index contributed by atoms with van der Waals surface area (Å²) in [5, 5.41) is 21.6. The Morgan fingerprint density at radius 3 is 2.31 bits per heavy atom. The number of aliphatic hydroxyl groups is 1. The zero-order valence-electron chi connectivity index (χ0n) is 19.3. The van der Waals surface area contributed by atoms with Gasteiger partial charge in [0.05, 0.1) is 34.5 Å². The highest BCUT2D eigenvalue weighted by Crippen LogP contribution is 2.47. The molecule has 1 saturated heterocycles. The summed E-state index contributed by atoms with van der Waals surface area (Å²) in [7, 11) is 0. The number of fused-ring (bicyclic) bond motifs is 3. The van der Waals surface area contributed by atoms with Crippen LogP contribution in [0.5, 0.6) is 0 Å². The summed E-state index contributed by atoms with van der Waals surface area (Å²) in [6.07, 6.45) is -0.987. The molecule has 5 rings (SSSR count). The maximum Gasteiger partial charge on any atom is 0.405 e. The zero-order chi connectivity index (χ0) is 25.4. The molecule has 0 radical (unpaired) electrons. The van der Waals surface area contributed by atoms with E-state index in [0.717, 1.165) is 12.8 Å². The number of ether oxygens (including phenoxy) is 1. The third kappa shape index (κ3) is 6.18. The van der Waals surface area contributed by atoms with E-state index >= 15 is 0 Å². The maximum absolute atomic E-state index is 12.8. The number of carbonyl (C=O) groups is 2. The molecular formula is C22H33Cl2F3N4O4. The van der Waals surface area contributed by atoms with Crippen molar-refractivity contribution in [1.29, 1.82) is 0 Å². The van der Waals surface area contributed by atoms with Crippen molar-refractivity contribution in [3.63, 3.8) is 0 Å². The monoisotopic (exact) mass is 544 g/mol. The molecule has 5 aliphatic rings. The van der Waals surface area contributed by atoms with Gasteiger partial charge in [-0.2, -0.15) is 13.2 Å². The van der Waals surface area contributed by atoms with Crippen LogP contribution in [0.4, 0.5) is 13.2 Å². The van der Waals surface area contributed by atoms with Gasteiger partial charge in [-0.3, -0.25) is 9.59 Å². The molecule has 200 valence electrons. The number of piperazine rings is 1. The number of alkyl halides is 5. The highest BCUT2D eigenvalue weighted by atomic mass is 35.5. The minimum absolute atomic E-state index is 0.0911. The molecule has 4 aliphatic carbocycles. The van der Waals surface area contributed by atoms with Gasteiger partial charge >= 0.3 is 6.18 Å². The van der Waals surface area contributed by atoms with E-state index < -0.39 is 35.4 Å². The van der Waals surface area contributed by atoms with Crippen LogP contribution in [0.1, 0.15) is 51.4 Å². The number of rotatable bonds is 6. The first-order valence-corrected chi connectivity index (χ1v) is 13.0. The van der Waals surface area contributed by atoms with Crippen molar-refractivity contribution < 1.29 is 32.6 Å². The molecule has 0 aromatic rings. The molecule has 5 N–H and O–H groups in total. The second-order valence-electron chi connectivity index (χ2n) is 10.4. The summed E-state index contributed by atoms with van der Waals surface area (Å²) < 4.78 is 44.2. The normalized spacial score (nSPS) is 41.9. The topological polar surface area (TPSA) is 112 Å². The van der Waals surface area contributed by atoms with Crippen LogP contribution in [0.25, 0.3) is 0 Å². The predicted molar refractivity (Wildman–Crippen MR) is 123 cm³/mol. The van der Waals surface area contributed by atoms with E-state index in [-0.39, 0.29) is 54.8 Å². The Hall–Kier alpha value is -0.850. The van der Waals surface area contributed by atoms with E-state index in [4.69, 9.17) is 27.9 Å². The van der Waals surface area contributed by atoms with Crippen LogP contribution in [0.3, 0.4) is 0 Å². The maximum atomic E-state index is 12.8. The Morgan fingerprint density at radius 1 is 1.03 bits per heavy atom. The number of carbonyl (C=O) groups excluding carboxylic acids is 2. The molecule has 2 amide bonds. The smallest absolute Gasteiger partial charge is 0.391 e. The van der Waals surface area contributed by atoms with Gasteiger partial charge in [-0.25, -0.2) is 0 Å². The first-order chi connectivity index (χ1) is 16.4. The highest BCUT2D eigenvalue weighted by molar-refractivity contribution is 6.30. The van der Waals surface area contributed by atoms with Gasteiger partial charge in [0.25, 0.3) is 0 Å². The quantitative estimate of drug-likeness (QED) is 0.322. The number of hydrogen-bond acceptors (Lipinski definition) is 6. The lowest BCUT2D eigenvalue weighted by Gasteiger charge is -2.56. The average Bonchev–Trinajstić information content (AvgIpc) is 2.80. The molecule has 1 heterocycles. The highest BCUT2D eigenvalue weighted by Gasteiger charge is 2.55. The summed E-state index contributed by atoms with van der Waals surface area (Å²) in [4.78, 5) is 25.4. The first-order valence-electron chi connectivity index (χ1n) is 12.2. The molecule has 8 nitrogen and oxygen atoms in total. The summed E-state index contributed by atoms with van der Waals surface area (Å²) in [6.45, 7) is -0.643. The van der Waals surface area contributed by atoms with Gasteiger partial charge in [-0.05, 0) is 51.4 Å². The summed E-state index contributed by atoms with van der Waals surface area (Å²) >= 11 is 12.3. The second kappa shape index (κ2) is 10.5. The number of amides is 2. The van der Waals surface area contributed by atoms with E-state index in [2.05, 4.69) is 21.3 Å². The Labute approximate surface area is 212 Å². The van der Waals surface area contributed by atoms with Gasteiger partial charge in [0.1, 0.15) is 12.6 Å². The summed E-state index contributed by atoms with van der Waals surface area (Å²) in [6, 6.07) is -2.47. The SMILES string of the molecule is O=C(COC1CCC(Cl)C(Cl)C1)NC12CCC(NC(=O)C3CNC(C(F)(F)F)CN3)(CC1)C[C@@H]2O. The molecule has 0 aromatic carbocycles. The molecule has 5 fully saturated rings. The lowest BCUT2D eigenvalue weighted by Crippen LogP contribution is -2.72. The van der Waals surface area contributed by atoms with Gasteiger partial charge in [0.15, 0.2) is 0 Å². The lowest BCUT2D eigenvalue weighted by atomic mass is 9.59. The van der Waals surface area contributed by atoms with Crippen molar-refractivity contribution in [3.05, 3.63) is 0 Å². The second-order valence-corrected chi connectivity index (χ2v) is 11.6. The lowest BCUT2D eigenvalue weighted by molar-refractivity contribution is -0.160. The molecular weight excluding hydrogens is 512 g/mol. The fourth-order valence-corrected chi connectivity index (χ4v) is 6.35. The van der Waals surface area contributed by atoms with Gasteiger partial charge < -0.3 is 31.1 Å². The minimum Gasteiger partial charge on any atom is -0.391 e. The number of halogens is 5. The number of aliphatic hydroxyl groups excluding tert-OH is 1. The van der Waals surface area contributed by atoms with Crippen molar-refractivity contribution in [1.82, 2.24) is 21.3 Å². The summed E-state index contributed by atoms with van der Waals surface area (Å²) in [5.41, 5.74) is -1.42. The molecule has 1 aliphatic heterocycles. The van der Waals surface area contributed by atoms with Gasteiger partial charge in [-0.1, -0.05) is 0 Å². The Bertz CT molecular complexity index is 789. The minimum atomic E-state index is -4.38. The van der Waals surface area contributed by atoms with E-state index in [1.807, 2.05) is 0 Å². The first kappa shape index (κ1) is 27.2. The third-order valence-corrected chi connectivity index (χ3v) is 9.18. The molecule has 35 heavy (non-hydrogen) atoms. The Balaban J connectivity index is 1.24. The summed E-state index contributed by atoms with van der Waals surface area (Å²) in [5.74, 6) is -0.695. The van der Waals surface area contributed by atoms with Crippen LogP contribution < -0.4 is 21.3 Å². The average molecular weight is 545 g/mol. The van der Waals surface area contributed by atoms with E-state index in [0.29, 0.717) is 32.1 Å². The third-order valence-electron chi connectivity index (χ3n) is 8.04. The Kier molecular flexibility index (Phi) is 8.15. The standard InChI is InChI=1S/C22H33Cl2F3N4O4/c23-13-2-1-12(7-14(13)24)35-11-18(33)30-21-5-3-20(4-6-21,8-17(21)32)31-19(34)15-9-29-16(10-28-15)22(25,26)27/h12-17,28-29,32H,1-11H2,(H,30,33)(H,31,34)/t12?,13?,14?,15?,16?,17-,20?,21?/m0/s1. The van der Waals surface area contributed by atoms with Crippen LogP contribution >= 0.6 is 23.2 Å². The molecule has 0 aromatic heterocycles. The fourth-order valence-electron chi connectivity index (χ4n) is 5.79. The molecule has 5 unspecified atom stereocenters. The van der Waals surface area contributed by atoms with Crippen molar-refractivity contribution in [2.75, 3.05) is 19.7 Å². The van der Waals surface area contributed by atoms with Gasteiger partial charge in [0, 0.05) is 18.6 Å². The number of nitrogens with one attached hydrogen (secondary N) is 4. The van der Waals surface area contributed by atoms with Crippen molar-refractivity contribution in [3.8, 4) is 0 Å². The van der Waals surface area contributed by atoms with Crippen LogP contribution in [0.2, 0.25) is 0 Å². The fraction of sp³-hybridized carbons (Fsp3) is 0.909. The van der Waals surface area contributed by atoms with Crippen molar-refractivity contribution in [2.45, 2.75) is 104 Å². The Morgan fingerprint density at radius 2 is 1.74 bits per heavy atom. The van der Waals surface area contributed by atoms with Gasteiger partial charge in [0.2, 0.25) is 11.8 Å². The number of hydrogen-bond donors (Lipinski definition) is 5. The van der Waals surface area contributed by atoms with Crippen LogP contribution in [-0.2, 0) is 14.3 Å². The van der Waals surface area contributed by atoms with Crippen LogP contribution in [0, 0.1) is 0 Å². The molecule has 0 spiro atoms.